The van der Waals surface area contributed by atoms with E-state index in [9.17, 15) is 9.59 Å². The first-order chi connectivity index (χ1) is 15.6. The first-order valence-corrected chi connectivity index (χ1v) is 11.4. The number of anilines is 2. The molecule has 0 aromatic heterocycles. The normalized spacial score (nSPS) is 17.5. The smallest absolute Gasteiger partial charge is 0.246 e. The van der Waals surface area contributed by atoms with Crippen molar-refractivity contribution in [2.24, 2.45) is 5.92 Å². The number of morpholine rings is 1. The van der Waals surface area contributed by atoms with Crippen LogP contribution in [-0.2, 0) is 14.3 Å². The van der Waals surface area contributed by atoms with Crippen LogP contribution < -0.4 is 10.2 Å². The van der Waals surface area contributed by atoms with E-state index in [0.29, 0.717) is 44.2 Å². The molecule has 168 valence electrons. The highest BCUT2D eigenvalue weighted by molar-refractivity contribution is 6.34. The van der Waals surface area contributed by atoms with Gasteiger partial charge in [-0.3, -0.25) is 9.59 Å². The van der Waals surface area contributed by atoms with Crippen LogP contribution in [0.5, 0.6) is 0 Å². The van der Waals surface area contributed by atoms with Gasteiger partial charge in [0.1, 0.15) is 0 Å². The van der Waals surface area contributed by atoms with Gasteiger partial charge in [0.25, 0.3) is 0 Å². The highest BCUT2D eigenvalue weighted by Gasteiger charge is 2.28. The predicted molar refractivity (Wildman–Crippen MR) is 128 cm³/mol. The maximum Gasteiger partial charge on any atom is 0.246 e. The van der Waals surface area contributed by atoms with E-state index in [1.54, 1.807) is 6.08 Å². The van der Waals surface area contributed by atoms with E-state index in [-0.39, 0.29) is 17.7 Å². The number of nitrogens with one attached hydrogen (secondary N) is 1. The summed E-state index contributed by atoms with van der Waals surface area (Å²) >= 11 is 6.48. The van der Waals surface area contributed by atoms with Gasteiger partial charge >= 0.3 is 0 Å². The number of para-hydroxylation sites is 1. The molecule has 0 spiro atoms. The van der Waals surface area contributed by atoms with Crippen LogP contribution >= 0.6 is 11.6 Å². The van der Waals surface area contributed by atoms with Gasteiger partial charge in [0, 0.05) is 38.2 Å². The Labute approximate surface area is 193 Å². The molecule has 2 aliphatic rings. The number of nitrogens with zero attached hydrogens (tertiary/aromatic N) is 2. The molecule has 7 heteroatoms. The third-order valence-electron chi connectivity index (χ3n) is 5.97. The number of likely N-dealkylation sites (tertiary alicyclic amines) is 1. The van der Waals surface area contributed by atoms with E-state index >= 15 is 0 Å². The molecular formula is C25H28ClN3O3. The molecule has 0 aliphatic carbocycles. The number of rotatable bonds is 5. The number of hydrogen-bond acceptors (Lipinski definition) is 4. The van der Waals surface area contributed by atoms with E-state index in [1.165, 1.54) is 0 Å². The molecule has 0 bridgehead atoms. The number of ether oxygens (including phenoxy) is 1. The van der Waals surface area contributed by atoms with Crippen molar-refractivity contribution >= 4 is 40.9 Å². The fraction of sp³-hybridized carbons (Fsp3) is 0.360. The third-order valence-corrected chi connectivity index (χ3v) is 6.27. The fourth-order valence-electron chi connectivity index (χ4n) is 4.16. The molecular weight excluding hydrogens is 426 g/mol. The molecule has 2 heterocycles. The number of carbonyl (C=O) groups is 2. The molecule has 0 radical (unpaired) electrons. The van der Waals surface area contributed by atoms with Crippen molar-refractivity contribution in [2.75, 3.05) is 49.6 Å². The van der Waals surface area contributed by atoms with Gasteiger partial charge in [0.2, 0.25) is 11.8 Å². The summed E-state index contributed by atoms with van der Waals surface area (Å²) in [5.41, 5.74) is 2.57. The Morgan fingerprint density at radius 2 is 1.69 bits per heavy atom. The maximum absolute atomic E-state index is 13.0. The van der Waals surface area contributed by atoms with Crippen molar-refractivity contribution in [3.63, 3.8) is 0 Å². The Morgan fingerprint density at radius 3 is 2.41 bits per heavy atom. The van der Waals surface area contributed by atoms with E-state index in [0.717, 1.165) is 30.0 Å². The molecule has 0 atom stereocenters. The van der Waals surface area contributed by atoms with Gasteiger partial charge in [-0.25, -0.2) is 0 Å². The fourth-order valence-corrected chi connectivity index (χ4v) is 4.45. The van der Waals surface area contributed by atoms with Crippen LogP contribution in [0.4, 0.5) is 11.4 Å². The van der Waals surface area contributed by atoms with E-state index in [4.69, 9.17) is 16.3 Å². The number of hydrogen-bond donors (Lipinski definition) is 1. The van der Waals surface area contributed by atoms with Crippen LogP contribution in [0.1, 0.15) is 18.4 Å². The van der Waals surface area contributed by atoms with Crippen LogP contribution in [0.2, 0.25) is 5.02 Å². The van der Waals surface area contributed by atoms with Crippen LogP contribution in [-0.4, -0.2) is 56.1 Å². The zero-order valence-electron chi connectivity index (χ0n) is 18.0. The summed E-state index contributed by atoms with van der Waals surface area (Å²) in [6.45, 7) is 3.91. The Morgan fingerprint density at radius 1 is 0.969 bits per heavy atom. The molecule has 0 unspecified atom stereocenters. The second kappa shape index (κ2) is 10.7. The van der Waals surface area contributed by atoms with Crippen molar-refractivity contribution in [1.82, 2.24) is 4.90 Å². The van der Waals surface area contributed by atoms with Gasteiger partial charge in [-0.2, -0.15) is 0 Å². The number of piperidine rings is 1. The van der Waals surface area contributed by atoms with E-state index in [2.05, 4.69) is 10.2 Å². The zero-order chi connectivity index (χ0) is 22.3. The van der Waals surface area contributed by atoms with E-state index in [1.807, 2.05) is 59.5 Å². The van der Waals surface area contributed by atoms with Gasteiger partial charge in [0.15, 0.2) is 0 Å². The maximum atomic E-state index is 13.0. The predicted octanol–water partition coefficient (Wildman–Crippen LogP) is 4.07. The summed E-state index contributed by atoms with van der Waals surface area (Å²) in [6, 6.07) is 15.3. The standard InChI is InChI=1S/C25H28ClN3O3/c26-21-7-4-8-22(24(21)29-15-17-32-18-16-29)27-25(31)20-11-13-28(14-12-20)23(30)10-9-19-5-2-1-3-6-19/h1-10,20H,11-18H2,(H,27,31)/b10-9+. The Bertz CT molecular complexity index is 966. The number of benzene rings is 2. The minimum absolute atomic E-state index is 0.0165. The molecule has 4 rings (SSSR count). The molecule has 2 aliphatic heterocycles. The van der Waals surface area contributed by atoms with Gasteiger partial charge in [-0.15, -0.1) is 0 Å². The first kappa shape index (κ1) is 22.4. The minimum Gasteiger partial charge on any atom is -0.378 e. The molecule has 0 saturated carbocycles. The molecule has 2 aromatic rings. The number of carbonyl (C=O) groups excluding carboxylic acids is 2. The SMILES string of the molecule is O=C(Nc1cccc(Cl)c1N1CCOCC1)C1CCN(C(=O)/C=C/c2ccccc2)CC1. The van der Waals surface area contributed by atoms with Crippen LogP contribution in [0, 0.1) is 5.92 Å². The number of amides is 2. The minimum atomic E-state index is -0.131. The van der Waals surface area contributed by atoms with E-state index < -0.39 is 0 Å². The molecule has 2 amide bonds. The monoisotopic (exact) mass is 453 g/mol. The Balaban J connectivity index is 1.34. The summed E-state index contributed by atoms with van der Waals surface area (Å²) < 4.78 is 5.44. The summed E-state index contributed by atoms with van der Waals surface area (Å²) in [6.07, 6.45) is 4.72. The second-order valence-electron chi connectivity index (χ2n) is 8.07. The molecule has 2 saturated heterocycles. The lowest BCUT2D eigenvalue weighted by atomic mass is 9.95. The molecule has 6 nitrogen and oxygen atoms in total. The van der Waals surface area contributed by atoms with Gasteiger partial charge in [-0.05, 0) is 36.6 Å². The third kappa shape index (κ3) is 5.50. The average Bonchev–Trinajstić information content (AvgIpc) is 2.84. The highest BCUT2D eigenvalue weighted by atomic mass is 35.5. The van der Waals surface area contributed by atoms with Crippen molar-refractivity contribution in [2.45, 2.75) is 12.8 Å². The lowest BCUT2D eigenvalue weighted by Crippen LogP contribution is -2.41. The molecule has 1 N–H and O–H groups in total. The topological polar surface area (TPSA) is 61.9 Å². The van der Waals surface area contributed by atoms with Gasteiger partial charge in [0.05, 0.1) is 29.6 Å². The quantitative estimate of drug-likeness (QED) is 0.693. The average molecular weight is 454 g/mol. The van der Waals surface area contributed by atoms with Crippen LogP contribution in [0.25, 0.3) is 6.08 Å². The molecule has 2 fully saturated rings. The van der Waals surface area contributed by atoms with Crippen molar-refractivity contribution in [1.29, 1.82) is 0 Å². The summed E-state index contributed by atoms with van der Waals surface area (Å²) in [4.78, 5) is 29.5. The second-order valence-corrected chi connectivity index (χ2v) is 8.48. The summed E-state index contributed by atoms with van der Waals surface area (Å²) in [5.74, 6) is -0.167. The Kier molecular flexibility index (Phi) is 7.45. The zero-order valence-corrected chi connectivity index (χ0v) is 18.8. The Hall–Kier alpha value is -2.83. The first-order valence-electron chi connectivity index (χ1n) is 11.1. The highest BCUT2D eigenvalue weighted by Crippen LogP contribution is 2.35. The lowest BCUT2D eigenvalue weighted by Gasteiger charge is -2.33. The molecule has 32 heavy (non-hydrogen) atoms. The largest absolute Gasteiger partial charge is 0.378 e. The van der Waals surface area contributed by atoms with Crippen molar-refractivity contribution in [3.05, 3.63) is 65.2 Å². The van der Waals surface area contributed by atoms with Crippen molar-refractivity contribution < 1.29 is 14.3 Å². The summed E-state index contributed by atoms with van der Waals surface area (Å²) in [5, 5.41) is 3.71. The summed E-state index contributed by atoms with van der Waals surface area (Å²) in [7, 11) is 0. The molecule has 2 aromatic carbocycles. The van der Waals surface area contributed by atoms with Crippen LogP contribution in [0.15, 0.2) is 54.6 Å². The lowest BCUT2D eigenvalue weighted by molar-refractivity contribution is -0.130. The number of halogens is 1. The van der Waals surface area contributed by atoms with Gasteiger partial charge < -0.3 is 19.9 Å². The van der Waals surface area contributed by atoms with Crippen LogP contribution in [0.3, 0.4) is 0 Å². The van der Waals surface area contributed by atoms with Gasteiger partial charge in [-0.1, -0.05) is 48.0 Å². The van der Waals surface area contributed by atoms with Crippen molar-refractivity contribution in [3.8, 4) is 0 Å².